The molecule has 0 spiro atoms. The molecule has 2 fully saturated rings. The van der Waals surface area contributed by atoms with Gasteiger partial charge in [-0.05, 0) is 47.9 Å². The maximum absolute atomic E-state index is 15.5. The number of Topliss-reactive ketones (excluding diaryl/α,β-unsaturated/α-hetero) is 1. The van der Waals surface area contributed by atoms with Crippen molar-refractivity contribution in [2.75, 3.05) is 44.7 Å². The van der Waals surface area contributed by atoms with Gasteiger partial charge < -0.3 is 33.2 Å². The van der Waals surface area contributed by atoms with Crippen molar-refractivity contribution in [3.05, 3.63) is 129 Å². The highest BCUT2D eigenvalue weighted by Gasteiger charge is 2.48. The van der Waals surface area contributed by atoms with Crippen molar-refractivity contribution in [1.82, 2.24) is 39.0 Å². The predicted molar refractivity (Wildman–Crippen MR) is 303 cm³/mol. The van der Waals surface area contributed by atoms with Gasteiger partial charge in [-0.15, -0.1) is 0 Å². The topological polar surface area (TPSA) is 343 Å². The fourth-order valence-electron chi connectivity index (χ4n) is 9.61. The average molecular weight is 1190 g/mol. The Bertz CT molecular complexity index is 3700. The summed E-state index contributed by atoms with van der Waals surface area (Å²) in [5.41, 5.74) is -0.859. The maximum Gasteiger partial charge on any atom is 0.475 e. The molecule has 2 amide bonds. The molecule has 2 aliphatic heterocycles. The molecule has 448 valence electrons. The number of nitriles is 1. The van der Waals surface area contributed by atoms with Crippen molar-refractivity contribution < 1.29 is 65.7 Å². The SMILES string of the molecule is COc1ccc(C(OC[C@H]2O[C@@H](n3cnc4c(=O)[nH]c(NC(=O)C(C)C)nc43)C[C@@H]2OP(=O)(OCCC#N)OC[C@H]2O[C@@H](n3cnc4c(=O)[nH]c(NC(=O)C(C)C)nc43)C[C@@H]2OC(=O)CCC(C)=O)(c2ccccc2)c2ccc(OC)cc2)cc1. The number of phosphoric ester groups is 1. The zero-order chi connectivity index (χ0) is 60.6. The van der Waals surface area contributed by atoms with E-state index in [0.29, 0.717) is 28.2 Å². The molecule has 3 aromatic carbocycles. The molecule has 1 unspecified atom stereocenters. The van der Waals surface area contributed by atoms with Gasteiger partial charge in [-0.1, -0.05) is 82.3 Å². The number of anilines is 2. The molecule has 4 aromatic heterocycles. The highest BCUT2D eigenvalue weighted by atomic mass is 31.2. The molecule has 7 atom stereocenters. The largest absolute Gasteiger partial charge is 0.497 e. The lowest BCUT2D eigenvalue weighted by atomic mass is 9.80. The Labute approximate surface area is 486 Å². The summed E-state index contributed by atoms with van der Waals surface area (Å²) >= 11 is 0. The van der Waals surface area contributed by atoms with Gasteiger partial charge in [0, 0.05) is 31.1 Å². The quantitative estimate of drug-likeness (QED) is 0.0188. The molecule has 0 saturated carbocycles. The van der Waals surface area contributed by atoms with Crippen molar-refractivity contribution in [1.29, 1.82) is 5.26 Å². The summed E-state index contributed by atoms with van der Waals surface area (Å²) in [6.07, 6.45) is -5.29. The number of fused-ring (bicyclic) bond motifs is 2. The molecule has 2 aliphatic rings. The summed E-state index contributed by atoms with van der Waals surface area (Å²) < 4.78 is 74.5. The summed E-state index contributed by atoms with van der Waals surface area (Å²) in [6, 6.07) is 26.0. The number of hydrogen-bond acceptors (Lipinski definition) is 21. The number of H-pyrrole nitrogens is 2. The number of nitrogens with one attached hydrogen (secondary N) is 4. The first-order valence-electron chi connectivity index (χ1n) is 27.3. The first kappa shape index (κ1) is 61.1. The van der Waals surface area contributed by atoms with Gasteiger partial charge in [-0.3, -0.25) is 67.3 Å². The molecule has 27 nitrogen and oxygen atoms in total. The number of ether oxygens (including phenoxy) is 6. The number of amides is 2. The van der Waals surface area contributed by atoms with Crippen LogP contribution in [0, 0.1) is 23.2 Å². The number of methoxy groups -OCH3 is 2. The van der Waals surface area contributed by atoms with Crippen LogP contribution in [-0.4, -0.2) is 121 Å². The number of imidazole rings is 2. The van der Waals surface area contributed by atoms with E-state index >= 15 is 4.57 Å². The molecule has 4 N–H and O–H groups in total. The summed E-state index contributed by atoms with van der Waals surface area (Å²) in [4.78, 5) is 100.0. The lowest BCUT2D eigenvalue weighted by Crippen LogP contribution is -2.38. The molecule has 6 heterocycles. The maximum atomic E-state index is 15.5. The molecule has 85 heavy (non-hydrogen) atoms. The van der Waals surface area contributed by atoms with Gasteiger partial charge in [0.25, 0.3) is 11.1 Å². The molecule has 9 rings (SSSR count). The van der Waals surface area contributed by atoms with E-state index in [9.17, 15) is 34.0 Å². The summed E-state index contributed by atoms with van der Waals surface area (Å²) in [5.74, 6) is -1.91. The third-order valence-electron chi connectivity index (χ3n) is 14.1. The predicted octanol–water partition coefficient (Wildman–Crippen LogP) is 6.76. The van der Waals surface area contributed by atoms with Crippen LogP contribution in [0.5, 0.6) is 11.5 Å². The van der Waals surface area contributed by atoms with Crippen LogP contribution in [0.4, 0.5) is 11.9 Å². The van der Waals surface area contributed by atoms with Crippen LogP contribution >= 0.6 is 7.82 Å². The number of carbonyl (C=O) groups excluding carboxylic acids is 4. The fourth-order valence-corrected chi connectivity index (χ4v) is 11.0. The van der Waals surface area contributed by atoms with Crippen molar-refractivity contribution in [2.24, 2.45) is 11.8 Å². The molecule has 28 heteroatoms. The zero-order valence-electron chi connectivity index (χ0n) is 47.5. The normalized spacial score (nSPS) is 19.4. The number of carbonyl (C=O) groups is 4. The molecule has 0 bridgehead atoms. The number of aromatic nitrogens is 8. The van der Waals surface area contributed by atoms with Crippen LogP contribution in [0.2, 0.25) is 0 Å². The van der Waals surface area contributed by atoms with Crippen molar-refractivity contribution in [3.63, 3.8) is 0 Å². The zero-order valence-corrected chi connectivity index (χ0v) is 48.4. The van der Waals surface area contributed by atoms with Gasteiger partial charge in [-0.2, -0.15) is 15.2 Å². The molecular formula is C57H64N11O16P. The van der Waals surface area contributed by atoms with E-state index < -0.39 is 104 Å². The number of ketones is 1. The van der Waals surface area contributed by atoms with Crippen LogP contribution in [0.1, 0.15) is 95.9 Å². The van der Waals surface area contributed by atoms with E-state index in [2.05, 4.69) is 40.5 Å². The second-order valence-electron chi connectivity index (χ2n) is 20.7. The molecule has 0 radical (unpaired) electrons. The van der Waals surface area contributed by atoms with Crippen molar-refractivity contribution in [2.45, 2.75) is 109 Å². The average Bonchev–Trinajstić information content (AvgIpc) is 3.30. The number of hydrogen-bond donors (Lipinski definition) is 4. The monoisotopic (exact) mass is 1190 g/mol. The van der Waals surface area contributed by atoms with E-state index in [1.165, 1.54) is 28.7 Å². The number of esters is 1. The highest BCUT2D eigenvalue weighted by Crippen LogP contribution is 2.54. The van der Waals surface area contributed by atoms with E-state index in [1.54, 1.807) is 66.2 Å². The third-order valence-corrected chi connectivity index (χ3v) is 15.6. The highest BCUT2D eigenvalue weighted by molar-refractivity contribution is 7.48. The van der Waals surface area contributed by atoms with Crippen molar-refractivity contribution >= 4 is 65.6 Å². The Balaban J connectivity index is 1.08. The minimum atomic E-state index is -4.92. The summed E-state index contributed by atoms with van der Waals surface area (Å²) in [5, 5.41) is 14.8. The van der Waals surface area contributed by atoms with Gasteiger partial charge >= 0.3 is 13.8 Å². The minimum absolute atomic E-state index is 0.00574. The standard InChI is InChI=1S/C57H64N11O16P/c1-32(2)51(71)63-55-61-49-47(53(73)65-55)59-30-67(49)44-26-40(83-46(70)23-14-34(5)69)43(82-44)29-80-85(75,79-25-11-24-58)84-41-27-45(68-31-60-48-50(68)62-56(66-54(48)74)64-52(72)33(3)4)81-42(41)28-78-57(35-12-9-8-10-13-35,36-15-19-38(76-6)20-16-36)37-17-21-39(77-7)22-18-37/h8-10,12-13,15-22,30-33,40-45H,11,14,23,25-29H2,1-7H3,(H2,61,63,65,71,73)(H2,62,64,66,72,74)/t40-,41-,42+,43+,44+,45+,85?/m0/s1. The Kier molecular flexibility index (Phi) is 19.1. The summed E-state index contributed by atoms with van der Waals surface area (Å²) in [6.45, 7) is 6.60. The van der Waals surface area contributed by atoms with E-state index in [4.69, 9.17) is 42.0 Å². The Morgan fingerprint density at radius 2 is 1.21 bits per heavy atom. The van der Waals surface area contributed by atoms with Crippen LogP contribution < -0.4 is 31.2 Å². The number of rotatable bonds is 26. The molecule has 0 aliphatic carbocycles. The smallest absolute Gasteiger partial charge is 0.475 e. The number of phosphoric acid groups is 1. The first-order chi connectivity index (χ1) is 40.8. The first-order valence-corrected chi connectivity index (χ1v) is 28.8. The lowest BCUT2D eigenvalue weighted by molar-refractivity contribution is -0.153. The summed E-state index contributed by atoms with van der Waals surface area (Å²) in [7, 11) is -1.81. The molecular weight excluding hydrogens is 1130 g/mol. The minimum Gasteiger partial charge on any atom is -0.497 e. The van der Waals surface area contributed by atoms with Crippen LogP contribution in [0.3, 0.4) is 0 Å². The number of nitrogens with zero attached hydrogens (tertiary/aromatic N) is 7. The Morgan fingerprint density at radius 3 is 1.69 bits per heavy atom. The van der Waals surface area contributed by atoms with Gasteiger partial charge in [0.15, 0.2) is 22.3 Å². The molecule has 7 aromatic rings. The fraction of sp³-hybridized carbons (Fsp3) is 0.421. The molecule has 2 saturated heterocycles. The van der Waals surface area contributed by atoms with Crippen molar-refractivity contribution in [3.8, 4) is 17.6 Å². The Morgan fingerprint density at radius 1 is 0.718 bits per heavy atom. The van der Waals surface area contributed by atoms with Gasteiger partial charge in [-0.25, -0.2) is 14.5 Å². The second kappa shape index (κ2) is 26.6. The van der Waals surface area contributed by atoms with E-state index in [1.807, 2.05) is 60.7 Å². The van der Waals surface area contributed by atoms with Crippen LogP contribution in [0.15, 0.2) is 101 Å². The third kappa shape index (κ3) is 13.9. The Hall–Kier alpha value is -8.48. The number of benzene rings is 3. The lowest BCUT2D eigenvalue weighted by Gasteiger charge is -2.37. The van der Waals surface area contributed by atoms with E-state index in [0.717, 1.165) is 0 Å². The van der Waals surface area contributed by atoms with Crippen LogP contribution in [0.25, 0.3) is 22.3 Å². The van der Waals surface area contributed by atoms with Gasteiger partial charge in [0.2, 0.25) is 23.7 Å². The second-order valence-corrected chi connectivity index (χ2v) is 22.3. The number of aromatic amines is 2. The van der Waals surface area contributed by atoms with Crippen LogP contribution in [-0.2, 0) is 61.9 Å². The van der Waals surface area contributed by atoms with Gasteiger partial charge in [0.1, 0.15) is 59.8 Å². The van der Waals surface area contributed by atoms with E-state index in [-0.39, 0.29) is 78.7 Å². The van der Waals surface area contributed by atoms with Gasteiger partial charge in [0.05, 0.1) is 65.6 Å².